The van der Waals surface area contributed by atoms with Crippen LogP contribution >= 0.6 is 23.5 Å². The Labute approximate surface area is 168 Å². The Bertz CT molecular complexity index is 982. The summed E-state index contributed by atoms with van der Waals surface area (Å²) in [5.41, 5.74) is 5.30. The Balaban J connectivity index is 2.04. The predicted molar refractivity (Wildman–Crippen MR) is 95.5 cm³/mol. The Morgan fingerprint density at radius 3 is 2.47 bits per heavy atom. The maximum Gasteiger partial charge on any atom is 0.490 e. The van der Waals surface area contributed by atoms with Crippen LogP contribution in [0.3, 0.4) is 0 Å². The first-order chi connectivity index (χ1) is 13.6. The Kier molecular flexibility index (Phi) is 7.76. The molecule has 6 N–H and O–H groups in total. The second-order valence-electron chi connectivity index (χ2n) is 5.96. The molecule has 172 valence electrons. The first-order valence-electron chi connectivity index (χ1n) is 8.08. The van der Waals surface area contributed by atoms with Crippen LogP contribution in [0.4, 0.5) is 10.2 Å². The molecule has 1 saturated heterocycles. The molecule has 1 fully saturated rings. The van der Waals surface area contributed by atoms with Crippen molar-refractivity contribution in [1.82, 2.24) is 9.55 Å². The van der Waals surface area contributed by atoms with Crippen LogP contribution in [0, 0.1) is 0 Å². The number of phosphoric ester groups is 1. The lowest BCUT2D eigenvalue weighted by molar-refractivity contribution is -0.0349. The van der Waals surface area contributed by atoms with Crippen molar-refractivity contribution in [3.63, 3.8) is 0 Å². The SMILES string of the molecule is CCc1cn([C@H]2C[C@H](F)[C@@H](COP(=O)(O)OP(=O)(O)OP(=O)(O)O)O2)c(=O)nc1N. The molecule has 1 aliphatic rings. The molecule has 0 spiro atoms. The van der Waals surface area contributed by atoms with Gasteiger partial charge >= 0.3 is 29.2 Å². The van der Waals surface area contributed by atoms with Crippen LogP contribution in [0.15, 0.2) is 11.0 Å². The van der Waals surface area contributed by atoms with E-state index in [4.69, 9.17) is 25.2 Å². The van der Waals surface area contributed by atoms with Gasteiger partial charge < -0.3 is 30.0 Å². The number of nitrogens with two attached hydrogens (primary N) is 1. The zero-order chi connectivity index (χ0) is 22.9. The number of hydrogen-bond acceptors (Lipinski definition) is 10. The maximum atomic E-state index is 14.2. The second kappa shape index (κ2) is 9.23. The van der Waals surface area contributed by atoms with Crippen molar-refractivity contribution >= 4 is 29.3 Å². The number of ether oxygens (including phenoxy) is 1. The van der Waals surface area contributed by atoms with Crippen LogP contribution < -0.4 is 11.4 Å². The maximum absolute atomic E-state index is 14.2. The van der Waals surface area contributed by atoms with Gasteiger partial charge in [0.25, 0.3) is 0 Å². The smallest absolute Gasteiger partial charge is 0.383 e. The summed E-state index contributed by atoms with van der Waals surface area (Å²) in [7, 11) is -16.7. The first-order valence-corrected chi connectivity index (χ1v) is 12.6. The van der Waals surface area contributed by atoms with Crippen molar-refractivity contribution in [2.45, 2.75) is 38.3 Å². The standard InChI is InChI=1S/C11H19FN3O12P3/c1-2-6-4-15(11(16)14-10(6)13)9-3-7(12)8(25-9)5-24-29(20,21)27-30(22,23)26-28(17,18)19/h4,7-9H,2-3,5H2,1H3,(H,20,21)(H,22,23)(H2,13,14,16)(H2,17,18,19)/t7-,8+,9+/m0/s1. The molecule has 2 heterocycles. The van der Waals surface area contributed by atoms with Gasteiger partial charge in [-0.3, -0.25) is 9.09 Å². The summed E-state index contributed by atoms with van der Waals surface area (Å²) in [6.07, 6.45) is -2.99. The van der Waals surface area contributed by atoms with Crippen LogP contribution in [0.2, 0.25) is 0 Å². The number of phosphoric acid groups is 3. The average Bonchev–Trinajstić information content (AvgIpc) is 2.90. The van der Waals surface area contributed by atoms with E-state index in [1.165, 1.54) is 6.20 Å². The first kappa shape index (κ1) is 25.2. The van der Waals surface area contributed by atoms with Crippen LogP contribution in [-0.2, 0) is 38.0 Å². The van der Waals surface area contributed by atoms with Gasteiger partial charge in [-0.2, -0.15) is 13.6 Å². The lowest BCUT2D eigenvalue weighted by atomic mass is 10.2. The van der Waals surface area contributed by atoms with E-state index < -0.39 is 54.3 Å². The molecule has 0 saturated carbocycles. The molecule has 1 aliphatic heterocycles. The van der Waals surface area contributed by atoms with Gasteiger partial charge in [0, 0.05) is 18.2 Å². The molecule has 1 aromatic heterocycles. The van der Waals surface area contributed by atoms with Crippen molar-refractivity contribution in [2.24, 2.45) is 0 Å². The largest absolute Gasteiger partial charge is 0.490 e. The van der Waals surface area contributed by atoms with E-state index in [0.717, 1.165) is 4.57 Å². The number of nitrogen functional groups attached to an aromatic ring is 1. The number of alkyl halides is 1. The van der Waals surface area contributed by atoms with Crippen LogP contribution in [0.25, 0.3) is 0 Å². The molecule has 19 heteroatoms. The summed E-state index contributed by atoms with van der Waals surface area (Å²) in [6, 6.07) is 0. The van der Waals surface area contributed by atoms with Gasteiger partial charge in [-0.25, -0.2) is 22.9 Å². The van der Waals surface area contributed by atoms with Gasteiger partial charge in [0.1, 0.15) is 24.3 Å². The molecule has 2 rings (SSSR count). The molecule has 0 radical (unpaired) electrons. The lowest BCUT2D eigenvalue weighted by Gasteiger charge is -2.19. The predicted octanol–water partition coefficient (Wildman–Crippen LogP) is 0.357. The molecule has 0 amide bonds. The summed E-state index contributed by atoms with van der Waals surface area (Å²) in [5, 5.41) is 0. The number of rotatable bonds is 9. The molecule has 0 aromatic carbocycles. The molecule has 30 heavy (non-hydrogen) atoms. The van der Waals surface area contributed by atoms with Crippen molar-refractivity contribution < 1.29 is 55.5 Å². The van der Waals surface area contributed by atoms with Gasteiger partial charge in [0.05, 0.1) is 6.61 Å². The average molecular weight is 497 g/mol. The molecule has 2 unspecified atom stereocenters. The van der Waals surface area contributed by atoms with Gasteiger partial charge in [-0.1, -0.05) is 6.92 Å². The summed E-state index contributed by atoms with van der Waals surface area (Å²) in [5.74, 6) is 0.0118. The van der Waals surface area contributed by atoms with E-state index in [-0.39, 0.29) is 12.2 Å². The zero-order valence-corrected chi connectivity index (χ0v) is 17.9. The number of aromatic nitrogens is 2. The molecular weight excluding hydrogens is 478 g/mol. The minimum absolute atomic E-state index is 0.0118. The third-order valence-corrected chi connectivity index (χ3v) is 7.53. The van der Waals surface area contributed by atoms with Crippen LogP contribution in [0.1, 0.15) is 25.1 Å². The third kappa shape index (κ3) is 7.01. The molecule has 15 nitrogen and oxygen atoms in total. The number of halogens is 1. The molecular formula is C11H19FN3O12P3. The van der Waals surface area contributed by atoms with E-state index in [0.29, 0.717) is 12.0 Å². The van der Waals surface area contributed by atoms with Crippen LogP contribution in [0.5, 0.6) is 0 Å². The van der Waals surface area contributed by atoms with Gasteiger partial charge in [0.2, 0.25) is 0 Å². The fourth-order valence-corrected chi connectivity index (χ4v) is 5.51. The summed E-state index contributed by atoms with van der Waals surface area (Å²) >= 11 is 0. The highest BCUT2D eigenvalue weighted by molar-refractivity contribution is 7.66. The fraction of sp³-hybridized carbons (Fsp3) is 0.636. The van der Waals surface area contributed by atoms with Crippen molar-refractivity contribution in [3.8, 4) is 0 Å². The highest BCUT2D eigenvalue weighted by Gasteiger charge is 2.43. The van der Waals surface area contributed by atoms with E-state index >= 15 is 0 Å². The van der Waals surface area contributed by atoms with E-state index in [1.54, 1.807) is 6.92 Å². The number of nitrogens with zero attached hydrogens (tertiary/aromatic N) is 2. The minimum Gasteiger partial charge on any atom is -0.383 e. The minimum atomic E-state index is -5.69. The van der Waals surface area contributed by atoms with E-state index in [9.17, 15) is 27.8 Å². The van der Waals surface area contributed by atoms with Gasteiger partial charge in [0.15, 0.2) is 0 Å². The molecule has 0 aliphatic carbocycles. The fourth-order valence-electron chi connectivity index (χ4n) is 2.48. The number of aryl methyl sites for hydroxylation is 1. The normalized spacial score (nSPS) is 26.3. The van der Waals surface area contributed by atoms with Crippen molar-refractivity contribution in [2.75, 3.05) is 12.3 Å². The number of hydrogen-bond donors (Lipinski definition) is 5. The summed E-state index contributed by atoms with van der Waals surface area (Å²) < 4.78 is 65.5. The molecule has 5 atom stereocenters. The second-order valence-corrected chi connectivity index (χ2v) is 10.4. The Morgan fingerprint density at radius 1 is 1.27 bits per heavy atom. The van der Waals surface area contributed by atoms with Gasteiger partial charge in [-0.05, 0) is 6.42 Å². The quantitative estimate of drug-likeness (QED) is 0.290. The zero-order valence-electron chi connectivity index (χ0n) is 15.2. The summed E-state index contributed by atoms with van der Waals surface area (Å²) in [6.45, 7) is 0.778. The monoisotopic (exact) mass is 497 g/mol. The van der Waals surface area contributed by atoms with E-state index in [1.807, 2.05) is 0 Å². The number of anilines is 1. The molecule has 0 bridgehead atoms. The topological polar surface area (TPSA) is 230 Å². The van der Waals surface area contributed by atoms with Crippen molar-refractivity contribution in [3.05, 3.63) is 22.2 Å². The highest BCUT2D eigenvalue weighted by atomic mass is 31.3. The molecule has 1 aromatic rings. The lowest BCUT2D eigenvalue weighted by Crippen LogP contribution is -2.29. The van der Waals surface area contributed by atoms with Crippen molar-refractivity contribution in [1.29, 1.82) is 0 Å². The third-order valence-electron chi connectivity index (χ3n) is 3.73. The van der Waals surface area contributed by atoms with Crippen LogP contribution in [-0.4, -0.2) is 48.0 Å². The highest BCUT2D eigenvalue weighted by Crippen LogP contribution is 2.66. The summed E-state index contributed by atoms with van der Waals surface area (Å²) in [4.78, 5) is 51.0. The Morgan fingerprint density at radius 2 is 1.90 bits per heavy atom. The van der Waals surface area contributed by atoms with Gasteiger partial charge in [-0.15, -0.1) is 0 Å². The Hall–Kier alpha value is -1.02. The van der Waals surface area contributed by atoms with E-state index in [2.05, 4.69) is 18.1 Å².